The molecule has 0 aliphatic heterocycles. The fraction of sp³-hybridized carbons (Fsp3) is 0.188. The quantitative estimate of drug-likeness (QED) is 0.620. The van der Waals surface area contributed by atoms with Crippen molar-refractivity contribution in [2.75, 3.05) is 14.2 Å². The molecule has 4 heteroatoms. The van der Waals surface area contributed by atoms with Gasteiger partial charge in [0.05, 0.1) is 20.6 Å². The van der Waals surface area contributed by atoms with Gasteiger partial charge in [0.25, 0.3) is 0 Å². The maximum Gasteiger partial charge on any atom is 0.315 e. The second-order valence-corrected chi connectivity index (χ2v) is 4.13. The molecule has 4 nitrogen and oxygen atoms in total. The van der Waals surface area contributed by atoms with Crippen molar-refractivity contribution < 1.29 is 19.0 Å². The van der Waals surface area contributed by atoms with E-state index in [0.29, 0.717) is 17.2 Å². The predicted octanol–water partition coefficient (Wildman–Crippen LogP) is 2.85. The molecule has 0 spiro atoms. The summed E-state index contributed by atoms with van der Waals surface area (Å²) >= 11 is 0. The molecule has 104 valence electrons. The molecule has 0 fully saturated rings. The summed E-state index contributed by atoms with van der Waals surface area (Å²) in [5, 5.41) is 0. The highest BCUT2D eigenvalue weighted by molar-refractivity contribution is 5.77. The number of carbonyl (C=O) groups excluding carboxylic acids is 1. The Balaban J connectivity index is 2.15. The lowest BCUT2D eigenvalue weighted by atomic mass is 10.1. The molecule has 0 atom stereocenters. The third kappa shape index (κ3) is 3.29. The first-order valence-electron chi connectivity index (χ1n) is 6.20. The van der Waals surface area contributed by atoms with Crippen molar-refractivity contribution in [3.05, 3.63) is 54.1 Å². The van der Waals surface area contributed by atoms with Crippen LogP contribution in [0.3, 0.4) is 0 Å². The van der Waals surface area contributed by atoms with E-state index in [9.17, 15) is 4.79 Å². The van der Waals surface area contributed by atoms with Crippen molar-refractivity contribution >= 4 is 5.97 Å². The summed E-state index contributed by atoms with van der Waals surface area (Å²) in [7, 11) is 3.03. The Morgan fingerprint density at radius 2 is 1.50 bits per heavy atom. The van der Waals surface area contributed by atoms with Crippen LogP contribution in [0.15, 0.2) is 48.5 Å². The van der Waals surface area contributed by atoms with Crippen LogP contribution >= 0.6 is 0 Å². The van der Waals surface area contributed by atoms with Gasteiger partial charge in [0.1, 0.15) is 0 Å². The summed E-state index contributed by atoms with van der Waals surface area (Å²) in [5.74, 6) is 0.869. The number of ether oxygens (including phenoxy) is 3. The van der Waals surface area contributed by atoms with E-state index in [-0.39, 0.29) is 12.4 Å². The molecule has 20 heavy (non-hydrogen) atoms. The van der Waals surface area contributed by atoms with Crippen molar-refractivity contribution in [2.24, 2.45) is 0 Å². The van der Waals surface area contributed by atoms with Gasteiger partial charge in [-0.25, -0.2) is 0 Å². The average molecular weight is 272 g/mol. The molecule has 0 bridgehead atoms. The largest absolute Gasteiger partial charge is 0.493 e. The molecule has 0 heterocycles. The van der Waals surface area contributed by atoms with Crippen molar-refractivity contribution in [2.45, 2.75) is 6.42 Å². The minimum Gasteiger partial charge on any atom is -0.493 e. The molecule has 0 amide bonds. The van der Waals surface area contributed by atoms with E-state index in [2.05, 4.69) is 0 Å². The average Bonchev–Trinajstić information content (AvgIpc) is 2.48. The Morgan fingerprint density at radius 3 is 2.05 bits per heavy atom. The maximum atomic E-state index is 12.0. The van der Waals surface area contributed by atoms with Gasteiger partial charge in [-0.3, -0.25) is 4.79 Å². The van der Waals surface area contributed by atoms with Gasteiger partial charge in [-0.15, -0.1) is 0 Å². The Kier molecular flexibility index (Phi) is 4.60. The lowest BCUT2D eigenvalue weighted by Gasteiger charge is -2.12. The summed E-state index contributed by atoms with van der Waals surface area (Å²) in [6, 6.07) is 14.6. The van der Waals surface area contributed by atoms with Crippen LogP contribution in [0.1, 0.15) is 5.56 Å². The van der Waals surface area contributed by atoms with E-state index >= 15 is 0 Å². The van der Waals surface area contributed by atoms with Crippen LogP contribution < -0.4 is 14.2 Å². The number of hydrogen-bond donors (Lipinski definition) is 0. The van der Waals surface area contributed by atoms with Gasteiger partial charge >= 0.3 is 5.97 Å². The fourth-order valence-corrected chi connectivity index (χ4v) is 1.83. The highest BCUT2D eigenvalue weighted by Gasteiger charge is 2.15. The molecule has 0 aliphatic carbocycles. The smallest absolute Gasteiger partial charge is 0.315 e. The minimum absolute atomic E-state index is 0.196. The molecule has 2 aromatic rings. The van der Waals surface area contributed by atoms with Crippen LogP contribution in [0.2, 0.25) is 0 Å². The first kappa shape index (κ1) is 13.9. The highest BCUT2D eigenvalue weighted by Crippen LogP contribution is 2.36. The normalized spacial score (nSPS) is 9.90. The standard InChI is InChI=1S/C16H16O4/c1-18-13-9-6-10-14(19-2)16(13)20-15(17)11-12-7-4-3-5-8-12/h3-10H,11H2,1-2H3. The van der Waals surface area contributed by atoms with Gasteiger partial charge in [-0.2, -0.15) is 0 Å². The monoisotopic (exact) mass is 272 g/mol. The van der Waals surface area contributed by atoms with Crippen LogP contribution in [0.25, 0.3) is 0 Å². The lowest BCUT2D eigenvalue weighted by molar-refractivity contribution is -0.133. The zero-order chi connectivity index (χ0) is 14.4. The third-order valence-corrected chi connectivity index (χ3v) is 2.79. The number of rotatable bonds is 5. The van der Waals surface area contributed by atoms with Crippen LogP contribution in [0, 0.1) is 0 Å². The first-order valence-corrected chi connectivity index (χ1v) is 6.20. The zero-order valence-electron chi connectivity index (χ0n) is 11.5. The zero-order valence-corrected chi connectivity index (χ0v) is 11.5. The molecule has 0 aromatic heterocycles. The SMILES string of the molecule is COc1cccc(OC)c1OC(=O)Cc1ccccc1. The van der Waals surface area contributed by atoms with Crippen LogP contribution in [0.5, 0.6) is 17.2 Å². The number of para-hydroxylation sites is 1. The number of methoxy groups -OCH3 is 2. The molecule has 0 saturated carbocycles. The van der Waals surface area contributed by atoms with E-state index in [0.717, 1.165) is 5.56 Å². The Labute approximate surface area is 117 Å². The highest BCUT2D eigenvalue weighted by atomic mass is 16.6. The van der Waals surface area contributed by atoms with Gasteiger partial charge in [0.15, 0.2) is 11.5 Å². The van der Waals surface area contributed by atoms with Gasteiger partial charge in [0, 0.05) is 0 Å². The van der Waals surface area contributed by atoms with Crippen LogP contribution in [-0.2, 0) is 11.2 Å². The predicted molar refractivity (Wildman–Crippen MR) is 75.3 cm³/mol. The molecular weight excluding hydrogens is 256 g/mol. The fourth-order valence-electron chi connectivity index (χ4n) is 1.83. The van der Waals surface area contributed by atoms with E-state index in [4.69, 9.17) is 14.2 Å². The molecule has 0 saturated heterocycles. The topological polar surface area (TPSA) is 44.8 Å². The molecule has 0 aliphatic rings. The van der Waals surface area contributed by atoms with Crippen LogP contribution in [0.4, 0.5) is 0 Å². The van der Waals surface area contributed by atoms with E-state index < -0.39 is 0 Å². The first-order chi connectivity index (χ1) is 9.74. The number of carbonyl (C=O) groups is 1. The summed E-state index contributed by atoms with van der Waals surface area (Å²) in [5.41, 5.74) is 0.895. The van der Waals surface area contributed by atoms with Crippen molar-refractivity contribution in [3.63, 3.8) is 0 Å². The molecule has 2 rings (SSSR count). The van der Waals surface area contributed by atoms with Gasteiger partial charge in [-0.1, -0.05) is 36.4 Å². The van der Waals surface area contributed by atoms with Gasteiger partial charge in [-0.05, 0) is 17.7 Å². The second-order valence-electron chi connectivity index (χ2n) is 4.13. The molecule has 0 N–H and O–H groups in total. The second kappa shape index (κ2) is 6.61. The van der Waals surface area contributed by atoms with Crippen LogP contribution in [-0.4, -0.2) is 20.2 Å². The summed E-state index contributed by atoms with van der Waals surface area (Å²) in [6.07, 6.45) is 0.196. The van der Waals surface area contributed by atoms with Crippen molar-refractivity contribution in [1.29, 1.82) is 0 Å². The Hall–Kier alpha value is -2.49. The molecular formula is C16H16O4. The van der Waals surface area contributed by atoms with Gasteiger partial charge < -0.3 is 14.2 Å². The Bertz CT molecular complexity index is 556. The minimum atomic E-state index is -0.362. The lowest BCUT2D eigenvalue weighted by Crippen LogP contribution is -2.12. The van der Waals surface area contributed by atoms with E-state index in [1.807, 2.05) is 30.3 Å². The van der Waals surface area contributed by atoms with E-state index in [1.54, 1.807) is 18.2 Å². The molecule has 0 radical (unpaired) electrons. The number of benzene rings is 2. The third-order valence-electron chi connectivity index (χ3n) is 2.79. The number of hydrogen-bond acceptors (Lipinski definition) is 4. The van der Waals surface area contributed by atoms with E-state index in [1.165, 1.54) is 14.2 Å². The summed E-state index contributed by atoms with van der Waals surface area (Å²) in [4.78, 5) is 12.0. The summed E-state index contributed by atoms with van der Waals surface area (Å²) in [6.45, 7) is 0. The maximum absolute atomic E-state index is 12.0. The van der Waals surface area contributed by atoms with Gasteiger partial charge in [0.2, 0.25) is 5.75 Å². The number of esters is 1. The van der Waals surface area contributed by atoms with Crippen molar-refractivity contribution in [3.8, 4) is 17.2 Å². The molecule has 2 aromatic carbocycles. The molecule has 0 unspecified atom stereocenters. The van der Waals surface area contributed by atoms with Crippen molar-refractivity contribution in [1.82, 2.24) is 0 Å². The summed E-state index contributed by atoms with van der Waals surface area (Å²) < 4.78 is 15.7. The Morgan fingerprint density at radius 1 is 0.900 bits per heavy atom.